The van der Waals surface area contributed by atoms with Gasteiger partial charge in [-0.15, -0.1) is 11.8 Å². The van der Waals surface area contributed by atoms with E-state index in [0.29, 0.717) is 48.2 Å². The molecule has 0 spiro atoms. The topological polar surface area (TPSA) is 106 Å². The maximum Gasteiger partial charge on any atom is 0.390 e. The number of nitrogens with zero attached hydrogens (tertiary/aromatic N) is 1. The number of aromatic amines is 1. The van der Waals surface area contributed by atoms with Gasteiger partial charge < -0.3 is 25.8 Å². The number of aryl methyl sites for hydroxylation is 1. The lowest BCUT2D eigenvalue weighted by Crippen LogP contribution is -2.49. The van der Waals surface area contributed by atoms with E-state index in [-0.39, 0.29) is 30.6 Å². The fourth-order valence-electron chi connectivity index (χ4n) is 5.28. The van der Waals surface area contributed by atoms with Crippen molar-refractivity contribution in [2.75, 3.05) is 24.2 Å². The van der Waals surface area contributed by atoms with Crippen molar-refractivity contribution in [2.45, 2.75) is 76.3 Å². The third-order valence-corrected chi connectivity index (χ3v) is 8.05. The summed E-state index contributed by atoms with van der Waals surface area (Å²) in [6, 6.07) is 4.55. The van der Waals surface area contributed by atoms with Gasteiger partial charge >= 0.3 is 6.18 Å². The molecule has 0 aliphatic carbocycles. The van der Waals surface area contributed by atoms with Crippen LogP contribution >= 0.6 is 11.8 Å². The van der Waals surface area contributed by atoms with Crippen LogP contribution < -0.4 is 26.4 Å². The lowest BCUT2D eigenvalue weighted by atomic mass is 9.93. The number of pyridine rings is 1. The number of alkyl halides is 3. The van der Waals surface area contributed by atoms with Gasteiger partial charge in [-0.2, -0.15) is 13.2 Å². The quantitative estimate of drug-likeness (QED) is 0.228. The Balaban J connectivity index is 1.95. The van der Waals surface area contributed by atoms with Crippen molar-refractivity contribution in [3.63, 3.8) is 0 Å². The van der Waals surface area contributed by atoms with E-state index in [0.717, 1.165) is 22.4 Å². The van der Waals surface area contributed by atoms with Gasteiger partial charge in [0.15, 0.2) is 0 Å². The molecule has 1 fully saturated rings. The van der Waals surface area contributed by atoms with Crippen LogP contribution in [0.5, 0.6) is 0 Å². The molecule has 0 saturated carbocycles. The number of benzene rings is 1. The summed E-state index contributed by atoms with van der Waals surface area (Å²) in [5, 5.41) is 8.57. The summed E-state index contributed by atoms with van der Waals surface area (Å²) in [7, 11) is 0. The van der Waals surface area contributed by atoms with Crippen LogP contribution in [0.2, 0.25) is 0 Å². The third-order valence-electron chi connectivity index (χ3n) is 7.25. The fourth-order valence-corrected chi connectivity index (χ4v) is 5.99. The van der Waals surface area contributed by atoms with Crippen LogP contribution in [-0.2, 0) is 17.9 Å². The number of piperidine rings is 1. The number of aromatic nitrogens is 1. The number of carbonyl (C=O) groups is 2. The number of amides is 2. The van der Waals surface area contributed by atoms with E-state index in [9.17, 15) is 27.6 Å². The summed E-state index contributed by atoms with van der Waals surface area (Å²) in [4.78, 5) is 43.6. The van der Waals surface area contributed by atoms with Gasteiger partial charge in [0, 0.05) is 59.1 Å². The molecule has 41 heavy (non-hydrogen) atoms. The first kappa shape index (κ1) is 32.3. The summed E-state index contributed by atoms with van der Waals surface area (Å²) < 4.78 is 39.4. The van der Waals surface area contributed by atoms with Crippen molar-refractivity contribution >= 4 is 29.3 Å². The highest BCUT2D eigenvalue weighted by Gasteiger charge is 2.36. The molecule has 1 saturated heterocycles. The molecule has 4 N–H and O–H groups in total. The molecule has 3 rings (SSSR count). The Morgan fingerprint density at radius 3 is 2.56 bits per heavy atom. The highest BCUT2D eigenvalue weighted by atomic mass is 32.2. The number of rotatable bonds is 11. The van der Waals surface area contributed by atoms with E-state index < -0.39 is 24.5 Å². The van der Waals surface area contributed by atoms with Crippen LogP contribution in [-0.4, -0.2) is 54.4 Å². The van der Waals surface area contributed by atoms with Crippen LogP contribution in [0.4, 0.5) is 18.9 Å². The highest BCUT2D eigenvalue weighted by Crippen LogP contribution is 2.32. The maximum atomic E-state index is 13.5. The second-order valence-electron chi connectivity index (χ2n) is 10.2. The van der Waals surface area contributed by atoms with Gasteiger partial charge in [0.05, 0.1) is 6.42 Å². The van der Waals surface area contributed by atoms with Crippen molar-refractivity contribution in [1.82, 2.24) is 20.9 Å². The van der Waals surface area contributed by atoms with Crippen molar-refractivity contribution in [3.05, 3.63) is 69.2 Å². The number of thioether (sulfide) groups is 1. The normalized spacial score (nSPS) is 17.1. The number of halogens is 3. The predicted molar refractivity (Wildman–Crippen MR) is 156 cm³/mol. The van der Waals surface area contributed by atoms with Crippen molar-refractivity contribution in [1.29, 1.82) is 0 Å². The molecule has 2 amide bonds. The van der Waals surface area contributed by atoms with E-state index in [1.54, 1.807) is 19.9 Å². The summed E-state index contributed by atoms with van der Waals surface area (Å²) in [5.74, 6) is -0.772. The molecule has 12 heteroatoms. The minimum absolute atomic E-state index is 0.0156. The van der Waals surface area contributed by atoms with Crippen molar-refractivity contribution in [2.24, 2.45) is 0 Å². The lowest BCUT2D eigenvalue weighted by Gasteiger charge is -2.40. The second kappa shape index (κ2) is 14.1. The smallest absolute Gasteiger partial charge is 0.368 e. The molecule has 2 unspecified atom stereocenters. The van der Waals surface area contributed by atoms with Crippen molar-refractivity contribution < 1.29 is 22.8 Å². The Hall–Kier alpha value is -3.25. The fraction of sp³-hybridized carbons (Fsp3) is 0.483. The SMILES string of the molecule is C=CC(=O)NCc1cc(C(=O)NCc2c(SC)cc(C)[nH]c2=O)c(C)c(N(CC)C2CCNC(CC(F)(F)F)C2)c1. The Kier molecular flexibility index (Phi) is 11.1. The van der Waals surface area contributed by atoms with Gasteiger partial charge in [0.2, 0.25) is 5.91 Å². The molecule has 1 aliphatic heterocycles. The van der Waals surface area contributed by atoms with Gasteiger partial charge in [-0.3, -0.25) is 14.4 Å². The molecular weight excluding hydrogens is 555 g/mol. The van der Waals surface area contributed by atoms with Gasteiger partial charge in [0.1, 0.15) is 0 Å². The van der Waals surface area contributed by atoms with E-state index in [1.165, 1.54) is 11.8 Å². The molecule has 1 aromatic carbocycles. The molecule has 1 aromatic heterocycles. The Bertz CT molecular complexity index is 1330. The van der Waals surface area contributed by atoms with Crippen LogP contribution in [0.25, 0.3) is 0 Å². The van der Waals surface area contributed by atoms with E-state index in [2.05, 4.69) is 27.5 Å². The standard InChI is InChI=1S/C29H38F3N5O3S/c1-6-26(38)34-15-19-11-22(27(39)35-16-23-25(41-5)10-17(3)36-28(23)40)18(4)24(12-19)37(7-2)21-8-9-33-20(13-21)14-29(30,31)32/h6,10-12,20-21,33H,1,7-9,13-16H2,2-5H3,(H,34,38)(H,35,39)(H,36,40). The summed E-state index contributed by atoms with van der Waals surface area (Å²) in [6.07, 6.45) is -1.21. The Morgan fingerprint density at radius 1 is 1.20 bits per heavy atom. The minimum atomic E-state index is -4.27. The summed E-state index contributed by atoms with van der Waals surface area (Å²) in [5.41, 5.74) is 3.30. The van der Waals surface area contributed by atoms with E-state index in [4.69, 9.17) is 0 Å². The van der Waals surface area contributed by atoms with Crippen LogP contribution in [0.3, 0.4) is 0 Å². The average molecular weight is 594 g/mol. The molecule has 8 nitrogen and oxygen atoms in total. The number of anilines is 1. The molecular formula is C29H38F3N5O3S. The van der Waals surface area contributed by atoms with Crippen molar-refractivity contribution in [3.8, 4) is 0 Å². The number of nitrogens with one attached hydrogen (secondary N) is 4. The third kappa shape index (κ3) is 8.62. The molecule has 0 bridgehead atoms. The minimum Gasteiger partial charge on any atom is -0.368 e. The highest BCUT2D eigenvalue weighted by molar-refractivity contribution is 7.98. The first-order valence-corrected chi connectivity index (χ1v) is 14.7. The van der Waals surface area contributed by atoms with Gasteiger partial charge in [-0.05, 0) is 81.8 Å². The van der Waals surface area contributed by atoms with Gasteiger partial charge in [-0.1, -0.05) is 6.58 Å². The molecule has 2 aromatic rings. The second-order valence-corrected chi connectivity index (χ2v) is 11.0. The molecule has 1 aliphatic rings. The number of H-pyrrole nitrogens is 1. The largest absolute Gasteiger partial charge is 0.390 e. The first-order chi connectivity index (χ1) is 19.4. The Morgan fingerprint density at radius 2 is 1.93 bits per heavy atom. The lowest BCUT2D eigenvalue weighted by molar-refractivity contribution is -0.141. The maximum absolute atomic E-state index is 13.5. The number of hydrogen-bond donors (Lipinski definition) is 4. The molecule has 224 valence electrons. The van der Waals surface area contributed by atoms with E-state index in [1.807, 2.05) is 30.2 Å². The molecule has 0 radical (unpaired) electrons. The Labute approximate surface area is 242 Å². The number of hydrogen-bond acceptors (Lipinski definition) is 6. The van der Waals surface area contributed by atoms with E-state index >= 15 is 0 Å². The molecule has 2 atom stereocenters. The molecule has 2 heterocycles. The van der Waals surface area contributed by atoms with Crippen LogP contribution in [0.15, 0.2) is 40.5 Å². The van der Waals surface area contributed by atoms with Gasteiger partial charge in [0.25, 0.3) is 11.5 Å². The predicted octanol–water partition coefficient (Wildman–Crippen LogP) is 4.35. The van der Waals surface area contributed by atoms with Gasteiger partial charge in [-0.25, -0.2) is 0 Å². The average Bonchev–Trinajstić information content (AvgIpc) is 2.91. The first-order valence-electron chi connectivity index (χ1n) is 13.5. The monoisotopic (exact) mass is 593 g/mol. The summed E-state index contributed by atoms with van der Waals surface area (Å²) in [6.45, 7) is 10.1. The van der Waals surface area contributed by atoms with Crippen LogP contribution in [0.1, 0.15) is 58.9 Å². The summed E-state index contributed by atoms with van der Waals surface area (Å²) >= 11 is 1.42. The van der Waals surface area contributed by atoms with Crippen LogP contribution in [0, 0.1) is 13.8 Å². The number of carbonyl (C=O) groups excluding carboxylic acids is 2. The zero-order valence-electron chi connectivity index (χ0n) is 23.8. The zero-order chi connectivity index (χ0) is 30.3. The zero-order valence-corrected chi connectivity index (χ0v) is 24.7.